The third-order valence-corrected chi connectivity index (χ3v) is 3.97. The van der Waals surface area contributed by atoms with E-state index in [1.165, 1.54) is 31.2 Å². The van der Waals surface area contributed by atoms with Crippen LogP contribution in [0.25, 0.3) is 6.08 Å². The van der Waals surface area contributed by atoms with Gasteiger partial charge in [0, 0.05) is 6.08 Å². The summed E-state index contributed by atoms with van der Waals surface area (Å²) in [6.45, 7) is 6.40. The topological polar surface area (TPSA) is 85.9 Å². The lowest BCUT2D eigenvalue weighted by Crippen LogP contribution is -2.46. The van der Waals surface area contributed by atoms with Crippen molar-refractivity contribution in [1.29, 1.82) is 0 Å². The summed E-state index contributed by atoms with van der Waals surface area (Å²) in [5.74, 6) is -0.566. The summed E-state index contributed by atoms with van der Waals surface area (Å²) in [6.07, 6.45) is 2.71. The van der Waals surface area contributed by atoms with Crippen LogP contribution in [-0.4, -0.2) is 31.1 Å². The van der Waals surface area contributed by atoms with E-state index in [1.54, 1.807) is 30.3 Å². The molecule has 0 aliphatic carbocycles. The number of hydrogen-bond acceptors (Lipinski definition) is 5. The lowest BCUT2D eigenvalue weighted by atomic mass is 10.2. The van der Waals surface area contributed by atoms with Gasteiger partial charge in [0.15, 0.2) is 29.2 Å². The quantitative estimate of drug-likeness (QED) is 0.444. The monoisotopic (exact) mass is 430 g/mol. The molecule has 0 aliphatic rings. The fourth-order valence-electron chi connectivity index (χ4n) is 2.45. The Morgan fingerprint density at radius 3 is 2.52 bits per heavy atom. The molecule has 166 valence electrons. The summed E-state index contributed by atoms with van der Waals surface area (Å²) in [6, 6.07) is 11.1. The fourth-order valence-corrected chi connectivity index (χ4v) is 2.45. The van der Waals surface area contributed by atoms with E-state index in [0.717, 1.165) is 12.0 Å². The van der Waals surface area contributed by atoms with E-state index >= 15 is 0 Å². The van der Waals surface area contributed by atoms with Crippen molar-refractivity contribution >= 4 is 17.9 Å². The van der Waals surface area contributed by atoms with Crippen LogP contribution in [0.4, 0.5) is 4.39 Å². The Morgan fingerprint density at radius 1 is 1.03 bits per heavy atom. The van der Waals surface area contributed by atoms with Crippen LogP contribution in [0.5, 0.6) is 17.2 Å². The third kappa shape index (κ3) is 7.65. The van der Waals surface area contributed by atoms with Crippen molar-refractivity contribution < 1.29 is 28.2 Å². The van der Waals surface area contributed by atoms with E-state index in [2.05, 4.69) is 10.9 Å². The Bertz CT molecular complexity index is 917. The summed E-state index contributed by atoms with van der Waals surface area (Å²) >= 11 is 0. The SMILES string of the molecule is CCCOc1ccc(/C=C/C(=O)NNC(=O)C(C)Oc2ccccc2F)cc1OCC. The van der Waals surface area contributed by atoms with Gasteiger partial charge < -0.3 is 14.2 Å². The smallest absolute Gasteiger partial charge is 0.279 e. The Kier molecular flexibility index (Phi) is 9.35. The van der Waals surface area contributed by atoms with Gasteiger partial charge >= 0.3 is 0 Å². The molecule has 0 bridgehead atoms. The predicted molar refractivity (Wildman–Crippen MR) is 115 cm³/mol. The lowest BCUT2D eigenvalue weighted by Gasteiger charge is -2.15. The molecule has 2 rings (SSSR count). The van der Waals surface area contributed by atoms with Crippen molar-refractivity contribution in [2.45, 2.75) is 33.3 Å². The molecule has 0 aliphatic heterocycles. The first-order valence-electron chi connectivity index (χ1n) is 10.0. The van der Waals surface area contributed by atoms with Crippen molar-refractivity contribution in [1.82, 2.24) is 10.9 Å². The highest BCUT2D eigenvalue weighted by Gasteiger charge is 2.16. The Balaban J connectivity index is 1.89. The second-order valence-corrected chi connectivity index (χ2v) is 6.49. The Labute approximate surface area is 181 Å². The standard InChI is InChI=1S/C23H27FN2O5/c1-4-14-30-20-12-10-17(15-21(20)29-5-2)11-13-22(27)25-26-23(28)16(3)31-19-9-7-6-8-18(19)24/h6-13,15-16H,4-5,14H2,1-3H3,(H,25,27)(H,26,28)/b13-11+. The van der Waals surface area contributed by atoms with Gasteiger partial charge in [-0.05, 0) is 56.2 Å². The molecule has 1 atom stereocenters. The number of carbonyl (C=O) groups excluding carboxylic acids is 2. The van der Waals surface area contributed by atoms with Gasteiger partial charge in [-0.25, -0.2) is 4.39 Å². The van der Waals surface area contributed by atoms with E-state index in [9.17, 15) is 14.0 Å². The van der Waals surface area contributed by atoms with Gasteiger partial charge in [0.2, 0.25) is 0 Å². The molecule has 2 aromatic rings. The first-order valence-corrected chi connectivity index (χ1v) is 10.0. The number of nitrogens with one attached hydrogen (secondary N) is 2. The van der Waals surface area contributed by atoms with Gasteiger partial charge in [-0.15, -0.1) is 0 Å². The van der Waals surface area contributed by atoms with E-state index in [4.69, 9.17) is 14.2 Å². The average Bonchev–Trinajstić information content (AvgIpc) is 2.77. The van der Waals surface area contributed by atoms with Crippen molar-refractivity contribution in [2.24, 2.45) is 0 Å². The number of amides is 2. The Hall–Kier alpha value is -3.55. The molecular formula is C23H27FN2O5. The van der Waals surface area contributed by atoms with Crippen LogP contribution in [0, 0.1) is 5.82 Å². The zero-order valence-corrected chi connectivity index (χ0v) is 17.8. The highest BCUT2D eigenvalue weighted by Crippen LogP contribution is 2.29. The molecule has 0 radical (unpaired) electrons. The molecule has 2 aromatic carbocycles. The summed E-state index contributed by atoms with van der Waals surface area (Å²) in [5, 5.41) is 0. The minimum absolute atomic E-state index is 0.0483. The molecule has 0 aromatic heterocycles. The van der Waals surface area contributed by atoms with Crippen molar-refractivity contribution in [3.63, 3.8) is 0 Å². The van der Waals surface area contributed by atoms with Gasteiger partial charge in [0.1, 0.15) is 0 Å². The zero-order valence-electron chi connectivity index (χ0n) is 17.8. The zero-order chi connectivity index (χ0) is 22.6. The molecule has 0 spiro atoms. The van der Waals surface area contributed by atoms with Gasteiger partial charge in [-0.3, -0.25) is 20.4 Å². The van der Waals surface area contributed by atoms with Gasteiger partial charge in [-0.1, -0.05) is 25.1 Å². The molecule has 31 heavy (non-hydrogen) atoms. The van der Waals surface area contributed by atoms with Crippen LogP contribution < -0.4 is 25.1 Å². The maximum Gasteiger partial charge on any atom is 0.279 e. The van der Waals surface area contributed by atoms with Crippen LogP contribution >= 0.6 is 0 Å². The molecule has 8 heteroatoms. The summed E-state index contributed by atoms with van der Waals surface area (Å²) in [7, 11) is 0. The molecule has 1 unspecified atom stereocenters. The van der Waals surface area contributed by atoms with E-state index < -0.39 is 23.7 Å². The minimum Gasteiger partial charge on any atom is -0.490 e. The number of ether oxygens (including phenoxy) is 3. The molecule has 0 fully saturated rings. The normalized spacial score (nSPS) is 11.6. The molecule has 0 saturated carbocycles. The molecule has 0 saturated heterocycles. The largest absolute Gasteiger partial charge is 0.490 e. The van der Waals surface area contributed by atoms with Crippen molar-refractivity contribution in [2.75, 3.05) is 13.2 Å². The molecule has 2 amide bonds. The second-order valence-electron chi connectivity index (χ2n) is 6.49. The van der Waals surface area contributed by atoms with Crippen molar-refractivity contribution in [3.05, 3.63) is 59.9 Å². The van der Waals surface area contributed by atoms with E-state index in [-0.39, 0.29) is 5.75 Å². The van der Waals surface area contributed by atoms with Gasteiger partial charge in [0.25, 0.3) is 11.8 Å². The highest BCUT2D eigenvalue weighted by atomic mass is 19.1. The maximum atomic E-state index is 13.6. The van der Waals surface area contributed by atoms with Crippen molar-refractivity contribution in [3.8, 4) is 17.2 Å². The first-order chi connectivity index (χ1) is 14.9. The van der Waals surface area contributed by atoms with Crippen LogP contribution in [0.1, 0.15) is 32.8 Å². The Morgan fingerprint density at radius 2 is 1.81 bits per heavy atom. The maximum absolute atomic E-state index is 13.6. The molecule has 2 N–H and O–H groups in total. The second kappa shape index (κ2) is 12.2. The molecular weight excluding hydrogens is 403 g/mol. The van der Waals surface area contributed by atoms with Crippen LogP contribution in [0.3, 0.4) is 0 Å². The number of benzene rings is 2. The predicted octanol–water partition coefficient (Wildman–Crippen LogP) is 3.64. The number of halogens is 1. The summed E-state index contributed by atoms with van der Waals surface area (Å²) in [5.41, 5.74) is 5.23. The number of carbonyl (C=O) groups is 2. The minimum atomic E-state index is -1.01. The van der Waals surface area contributed by atoms with Gasteiger partial charge in [0.05, 0.1) is 13.2 Å². The number of hydrazine groups is 1. The van der Waals surface area contributed by atoms with E-state index in [0.29, 0.717) is 24.7 Å². The van der Waals surface area contributed by atoms with Crippen LogP contribution in [0.15, 0.2) is 48.5 Å². The van der Waals surface area contributed by atoms with Gasteiger partial charge in [-0.2, -0.15) is 0 Å². The average molecular weight is 430 g/mol. The van der Waals surface area contributed by atoms with Crippen LogP contribution in [0.2, 0.25) is 0 Å². The molecule has 0 heterocycles. The number of rotatable bonds is 10. The lowest BCUT2D eigenvalue weighted by molar-refractivity contribution is -0.131. The van der Waals surface area contributed by atoms with Crippen LogP contribution in [-0.2, 0) is 9.59 Å². The van der Waals surface area contributed by atoms with E-state index in [1.807, 2.05) is 13.8 Å². The molecule has 7 nitrogen and oxygen atoms in total. The number of hydrogen-bond donors (Lipinski definition) is 2. The summed E-state index contributed by atoms with van der Waals surface area (Å²) < 4.78 is 30.1. The fraction of sp³-hybridized carbons (Fsp3) is 0.304. The highest BCUT2D eigenvalue weighted by molar-refractivity contribution is 5.93. The number of para-hydroxylation sites is 1. The summed E-state index contributed by atoms with van der Waals surface area (Å²) in [4.78, 5) is 24.1. The third-order valence-electron chi connectivity index (χ3n) is 3.97. The first kappa shape index (κ1) is 23.7.